The molecule has 0 aliphatic heterocycles. The third-order valence-corrected chi connectivity index (χ3v) is 3.41. The lowest BCUT2D eigenvalue weighted by atomic mass is 10.4. The van der Waals surface area contributed by atoms with Gasteiger partial charge < -0.3 is 9.15 Å². The van der Waals surface area contributed by atoms with Crippen molar-refractivity contribution in [2.45, 2.75) is 13.5 Å². The highest BCUT2D eigenvalue weighted by Crippen LogP contribution is 2.10. The summed E-state index contributed by atoms with van der Waals surface area (Å²) in [4.78, 5) is 28.3. The first-order valence-corrected chi connectivity index (χ1v) is 6.71. The minimum atomic E-state index is -0.578. The summed E-state index contributed by atoms with van der Waals surface area (Å²) < 4.78 is 11.7. The highest BCUT2D eigenvalue weighted by molar-refractivity contribution is 7.15. The number of nitrogens with zero attached hydrogens (tertiary/aromatic N) is 2. The van der Waals surface area contributed by atoms with Crippen molar-refractivity contribution in [2.75, 3.05) is 0 Å². The number of furan rings is 1. The maximum Gasteiger partial charge on any atom is 0.374 e. The van der Waals surface area contributed by atoms with Crippen LogP contribution < -0.4 is 5.56 Å². The Morgan fingerprint density at radius 2 is 2.35 bits per heavy atom. The zero-order valence-corrected chi connectivity index (χ0v) is 11.3. The average Bonchev–Trinajstić information content (AvgIpc) is 3.04. The van der Waals surface area contributed by atoms with Gasteiger partial charge in [-0.1, -0.05) is 0 Å². The molecule has 0 N–H and O–H groups in total. The van der Waals surface area contributed by atoms with Gasteiger partial charge in [0.05, 0.1) is 5.69 Å². The normalized spacial score (nSPS) is 10.8. The lowest BCUT2D eigenvalue weighted by Gasteiger charge is -2.02. The molecular weight excluding hydrogens is 280 g/mol. The Balaban J connectivity index is 1.76. The van der Waals surface area contributed by atoms with Gasteiger partial charge >= 0.3 is 5.97 Å². The van der Waals surface area contributed by atoms with Gasteiger partial charge in [0.15, 0.2) is 4.96 Å². The number of carbonyl (C=O) groups is 1. The van der Waals surface area contributed by atoms with E-state index in [1.54, 1.807) is 30.6 Å². The maximum absolute atomic E-state index is 11.7. The van der Waals surface area contributed by atoms with Crippen molar-refractivity contribution in [1.29, 1.82) is 0 Å². The van der Waals surface area contributed by atoms with Crippen LogP contribution in [0.5, 0.6) is 0 Å². The van der Waals surface area contributed by atoms with Crippen LogP contribution in [0.25, 0.3) is 4.96 Å². The van der Waals surface area contributed by atoms with Crippen LogP contribution >= 0.6 is 11.3 Å². The van der Waals surface area contributed by atoms with Crippen molar-refractivity contribution < 1.29 is 13.9 Å². The largest absolute Gasteiger partial charge is 0.454 e. The molecule has 0 saturated heterocycles. The Bertz CT molecular complexity index is 830. The number of rotatable bonds is 3. The second-order valence-electron chi connectivity index (χ2n) is 4.13. The molecule has 0 bridgehead atoms. The van der Waals surface area contributed by atoms with Crippen LogP contribution in [0, 0.1) is 6.92 Å². The number of esters is 1. The molecule has 20 heavy (non-hydrogen) atoms. The van der Waals surface area contributed by atoms with E-state index in [-0.39, 0.29) is 17.9 Å². The van der Waals surface area contributed by atoms with Crippen LogP contribution in [0.1, 0.15) is 22.0 Å². The van der Waals surface area contributed by atoms with Gasteiger partial charge in [-0.3, -0.25) is 9.20 Å². The van der Waals surface area contributed by atoms with E-state index in [4.69, 9.17) is 9.15 Å². The van der Waals surface area contributed by atoms with Crippen molar-refractivity contribution in [1.82, 2.24) is 9.38 Å². The zero-order valence-electron chi connectivity index (χ0n) is 10.5. The first kappa shape index (κ1) is 12.6. The summed E-state index contributed by atoms with van der Waals surface area (Å²) in [6, 6.07) is 4.57. The molecule has 0 aliphatic carbocycles. The second kappa shape index (κ2) is 4.93. The summed E-state index contributed by atoms with van der Waals surface area (Å²) in [5, 5.41) is 1.77. The molecule has 3 aromatic heterocycles. The van der Waals surface area contributed by atoms with Gasteiger partial charge in [0, 0.05) is 17.6 Å². The molecule has 0 aliphatic rings. The first-order chi connectivity index (χ1) is 9.63. The van der Waals surface area contributed by atoms with Crippen LogP contribution in [0.4, 0.5) is 0 Å². The minimum absolute atomic E-state index is 0.0672. The number of hydrogen-bond acceptors (Lipinski definition) is 6. The predicted molar refractivity (Wildman–Crippen MR) is 71.9 cm³/mol. The SMILES string of the molecule is Cc1ccc(C(=O)OCc2cc(=O)n3ccsc3n2)o1. The van der Waals surface area contributed by atoms with E-state index in [0.717, 1.165) is 0 Å². The summed E-state index contributed by atoms with van der Waals surface area (Å²) >= 11 is 1.34. The molecule has 0 spiro atoms. The van der Waals surface area contributed by atoms with Gasteiger partial charge in [-0.05, 0) is 19.1 Å². The Labute approximate surface area is 117 Å². The van der Waals surface area contributed by atoms with Gasteiger partial charge in [-0.15, -0.1) is 11.3 Å². The number of ether oxygens (including phenoxy) is 1. The number of aryl methyl sites for hydroxylation is 1. The molecule has 0 radical (unpaired) electrons. The number of thiazole rings is 1. The fourth-order valence-corrected chi connectivity index (χ4v) is 2.46. The van der Waals surface area contributed by atoms with Crippen LogP contribution in [0.3, 0.4) is 0 Å². The molecule has 3 heterocycles. The van der Waals surface area contributed by atoms with E-state index >= 15 is 0 Å². The summed E-state index contributed by atoms with van der Waals surface area (Å²) in [6.45, 7) is 1.67. The summed E-state index contributed by atoms with van der Waals surface area (Å²) in [6.07, 6.45) is 1.65. The van der Waals surface area contributed by atoms with E-state index < -0.39 is 5.97 Å². The minimum Gasteiger partial charge on any atom is -0.454 e. The number of fused-ring (bicyclic) bond motifs is 1. The molecule has 0 unspecified atom stereocenters. The van der Waals surface area contributed by atoms with Crippen molar-refractivity contribution in [3.8, 4) is 0 Å². The van der Waals surface area contributed by atoms with E-state index in [1.165, 1.54) is 21.8 Å². The van der Waals surface area contributed by atoms with Crippen LogP contribution in [0.15, 0.2) is 39.0 Å². The smallest absolute Gasteiger partial charge is 0.374 e. The van der Waals surface area contributed by atoms with Crippen molar-refractivity contribution in [3.63, 3.8) is 0 Å². The van der Waals surface area contributed by atoms with Crippen LogP contribution in [0.2, 0.25) is 0 Å². The number of hydrogen-bond donors (Lipinski definition) is 0. The molecule has 0 atom stereocenters. The Morgan fingerprint density at radius 3 is 3.10 bits per heavy atom. The third kappa shape index (κ3) is 2.35. The summed E-state index contributed by atoms with van der Waals surface area (Å²) in [5.41, 5.74) is 0.213. The lowest BCUT2D eigenvalue weighted by Crippen LogP contribution is -2.14. The Morgan fingerprint density at radius 1 is 1.50 bits per heavy atom. The second-order valence-corrected chi connectivity index (χ2v) is 5.00. The average molecular weight is 290 g/mol. The molecule has 102 valence electrons. The Hall–Kier alpha value is -2.41. The fourth-order valence-electron chi connectivity index (χ4n) is 1.72. The maximum atomic E-state index is 11.7. The molecule has 3 aromatic rings. The first-order valence-electron chi connectivity index (χ1n) is 5.83. The van der Waals surface area contributed by atoms with Gasteiger partial charge in [-0.25, -0.2) is 9.78 Å². The molecule has 0 saturated carbocycles. The highest BCUT2D eigenvalue weighted by Gasteiger charge is 2.12. The van der Waals surface area contributed by atoms with Gasteiger partial charge in [0.1, 0.15) is 12.4 Å². The highest BCUT2D eigenvalue weighted by atomic mass is 32.1. The quantitative estimate of drug-likeness (QED) is 0.690. The van der Waals surface area contributed by atoms with Crippen molar-refractivity contribution in [3.05, 3.63) is 57.3 Å². The Kier molecular flexibility index (Phi) is 3.11. The van der Waals surface area contributed by atoms with Crippen LogP contribution in [-0.2, 0) is 11.3 Å². The van der Waals surface area contributed by atoms with Crippen molar-refractivity contribution in [2.24, 2.45) is 0 Å². The van der Waals surface area contributed by atoms with Crippen LogP contribution in [-0.4, -0.2) is 15.4 Å². The molecule has 6 nitrogen and oxygen atoms in total. The number of carbonyl (C=O) groups excluding carboxylic acids is 1. The van der Waals surface area contributed by atoms with E-state index in [1.807, 2.05) is 0 Å². The zero-order chi connectivity index (χ0) is 14.1. The van der Waals surface area contributed by atoms with Gasteiger partial charge in [-0.2, -0.15) is 0 Å². The van der Waals surface area contributed by atoms with Gasteiger partial charge in [0.25, 0.3) is 5.56 Å². The molecule has 7 heteroatoms. The van der Waals surface area contributed by atoms with E-state index in [0.29, 0.717) is 16.4 Å². The lowest BCUT2D eigenvalue weighted by molar-refractivity contribution is 0.0430. The molecule has 0 aromatic carbocycles. The monoisotopic (exact) mass is 290 g/mol. The number of aromatic nitrogens is 2. The van der Waals surface area contributed by atoms with Gasteiger partial charge in [0.2, 0.25) is 5.76 Å². The van der Waals surface area contributed by atoms with E-state index in [2.05, 4.69) is 4.98 Å². The third-order valence-electron chi connectivity index (χ3n) is 2.65. The standard InChI is InChI=1S/C13H10N2O4S/c1-8-2-3-10(19-8)12(17)18-7-9-6-11(16)15-4-5-20-13(15)14-9/h2-6H,7H2,1H3. The predicted octanol–water partition coefficient (Wildman–Crippen LogP) is 2.01. The molecule has 0 fully saturated rings. The summed E-state index contributed by atoms with van der Waals surface area (Å²) in [5.74, 6) is 0.191. The topological polar surface area (TPSA) is 73.8 Å². The molecular formula is C13H10N2O4S. The molecule has 0 amide bonds. The molecule has 3 rings (SSSR count). The van der Waals surface area contributed by atoms with E-state index in [9.17, 15) is 9.59 Å². The van der Waals surface area contributed by atoms with Crippen molar-refractivity contribution >= 4 is 22.3 Å². The fraction of sp³-hybridized carbons (Fsp3) is 0.154. The summed E-state index contributed by atoms with van der Waals surface area (Å²) in [7, 11) is 0.